The Hall–Kier alpha value is -1.36. The first kappa shape index (κ1) is 7.30. The highest BCUT2D eigenvalue weighted by Gasteiger charge is 1.94. The molecule has 4 nitrogen and oxygen atoms in total. The summed E-state index contributed by atoms with van der Waals surface area (Å²) >= 11 is 1.72. The van der Waals surface area contributed by atoms with E-state index in [1.165, 1.54) is 11.2 Å². The van der Waals surface area contributed by atoms with Crippen molar-refractivity contribution in [3.05, 3.63) is 28.7 Å². The summed E-state index contributed by atoms with van der Waals surface area (Å²) in [6, 6.07) is 4.11. The molecule has 2 aromatic heterocycles. The molecular weight excluding hydrogens is 172 g/mol. The highest BCUT2D eigenvalue weighted by Crippen LogP contribution is 2.09. The van der Waals surface area contributed by atoms with Gasteiger partial charge in [0, 0.05) is 4.88 Å². The Labute approximate surface area is 73.7 Å². The highest BCUT2D eigenvalue weighted by molar-refractivity contribution is 7.09. The predicted octanol–water partition coefficient (Wildman–Crippen LogP) is 1.48. The summed E-state index contributed by atoms with van der Waals surface area (Å²) in [5.74, 6) is 0.711. The Bertz CT molecular complexity index is 279. The van der Waals surface area contributed by atoms with E-state index in [1.54, 1.807) is 11.3 Å². The van der Waals surface area contributed by atoms with Crippen LogP contribution >= 0.6 is 11.3 Å². The minimum Gasteiger partial charge on any atom is -0.350 e. The van der Waals surface area contributed by atoms with E-state index in [1.807, 2.05) is 6.07 Å². The van der Waals surface area contributed by atoms with Crippen LogP contribution in [0.4, 0.5) is 5.95 Å². The molecule has 0 saturated heterocycles. The van der Waals surface area contributed by atoms with Gasteiger partial charge in [-0.3, -0.25) is 0 Å². The lowest BCUT2D eigenvalue weighted by Gasteiger charge is -1.97. The number of rotatable bonds is 3. The minimum absolute atomic E-state index is 0.711. The molecule has 0 aromatic carbocycles. The van der Waals surface area contributed by atoms with Gasteiger partial charge in [-0.1, -0.05) is 6.07 Å². The van der Waals surface area contributed by atoms with E-state index in [9.17, 15) is 0 Å². The van der Waals surface area contributed by atoms with Gasteiger partial charge in [0.2, 0.25) is 5.95 Å². The number of H-pyrrole nitrogens is 1. The zero-order valence-electron chi connectivity index (χ0n) is 6.32. The van der Waals surface area contributed by atoms with Gasteiger partial charge >= 0.3 is 0 Å². The molecule has 0 aliphatic heterocycles. The molecule has 0 aliphatic carbocycles. The second-order valence-corrected chi connectivity index (χ2v) is 3.30. The Kier molecular flexibility index (Phi) is 2.04. The second-order valence-electron chi connectivity index (χ2n) is 2.27. The molecule has 5 heteroatoms. The Morgan fingerprint density at radius 3 is 3.25 bits per heavy atom. The van der Waals surface area contributed by atoms with Gasteiger partial charge in [-0.2, -0.15) is 5.10 Å². The average Bonchev–Trinajstić information content (AvgIpc) is 2.74. The zero-order valence-corrected chi connectivity index (χ0v) is 7.14. The Balaban J connectivity index is 1.91. The van der Waals surface area contributed by atoms with Crippen molar-refractivity contribution in [2.24, 2.45) is 0 Å². The van der Waals surface area contributed by atoms with Crippen molar-refractivity contribution in [3.63, 3.8) is 0 Å². The fourth-order valence-electron chi connectivity index (χ4n) is 0.875. The molecule has 0 fully saturated rings. The summed E-state index contributed by atoms with van der Waals surface area (Å²) in [7, 11) is 0. The van der Waals surface area contributed by atoms with Crippen molar-refractivity contribution in [1.82, 2.24) is 15.2 Å². The minimum atomic E-state index is 0.711. The molecule has 0 aliphatic rings. The van der Waals surface area contributed by atoms with Gasteiger partial charge in [0.25, 0.3) is 0 Å². The van der Waals surface area contributed by atoms with Gasteiger partial charge < -0.3 is 5.32 Å². The maximum absolute atomic E-state index is 3.94. The Morgan fingerprint density at radius 1 is 1.58 bits per heavy atom. The molecule has 2 rings (SSSR count). The first-order valence-corrected chi connectivity index (χ1v) is 4.45. The van der Waals surface area contributed by atoms with Crippen molar-refractivity contribution in [3.8, 4) is 0 Å². The summed E-state index contributed by atoms with van der Waals surface area (Å²) in [5, 5.41) is 11.6. The van der Waals surface area contributed by atoms with E-state index in [2.05, 4.69) is 31.9 Å². The fourth-order valence-corrected chi connectivity index (χ4v) is 1.52. The quantitative estimate of drug-likeness (QED) is 0.752. The van der Waals surface area contributed by atoms with E-state index in [4.69, 9.17) is 0 Å². The average molecular weight is 180 g/mol. The third kappa shape index (κ3) is 1.62. The van der Waals surface area contributed by atoms with Crippen LogP contribution in [-0.4, -0.2) is 15.2 Å². The SMILES string of the molecule is c1csc(CNc2ncn[nH]2)c1. The van der Waals surface area contributed by atoms with E-state index < -0.39 is 0 Å². The summed E-state index contributed by atoms with van der Waals surface area (Å²) in [5.41, 5.74) is 0. The first-order chi connectivity index (χ1) is 5.95. The molecule has 2 aromatic rings. The topological polar surface area (TPSA) is 53.6 Å². The standard InChI is InChI=1S/C7H8N4S/c1-2-6(12-3-1)4-8-7-9-5-10-11-7/h1-3,5H,4H2,(H2,8,9,10,11). The molecule has 0 atom stereocenters. The fraction of sp³-hybridized carbons (Fsp3) is 0.143. The van der Waals surface area contributed by atoms with E-state index in [0.29, 0.717) is 5.95 Å². The Morgan fingerprint density at radius 2 is 2.58 bits per heavy atom. The van der Waals surface area contributed by atoms with E-state index in [0.717, 1.165) is 6.54 Å². The summed E-state index contributed by atoms with van der Waals surface area (Å²) in [6.45, 7) is 0.798. The molecule has 12 heavy (non-hydrogen) atoms. The van der Waals surface area contributed by atoms with Crippen molar-refractivity contribution in [1.29, 1.82) is 0 Å². The van der Waals surface area contributed by atoms with Gasteiger partial charge in [-0.25, -0.2) is 10.1 Å². The van der Waals surface area contributed by atoms with Gasteiger partial charge in [0.15, 0.2) is 0 Å². The molecule has 0 unspecified atom stereocenters. The van der Waals surface area contributed by atoms with Crippen LogP contribution in [0.1, 0.15) is 4.88 Å². The molecule has 2 N–H and O–H groups in total. The number of hydrogen-bond donors (Lipinski definition) is 2. The van der Waals surface area contributed by atoms with Crippen LogP contribution in [0.5, 0.6) is 0 Å². The van der Waals surface area contributed by atoms with Gasteiger partial charge in [-0.15, -0.1) is 11.3 Å². The zero-order chi connectivity index (χ0) is 8.23. The number of nitrogens with one attached hydrogen (secondary N) is 2. The molecule has 0 radical (unpaired) electrons. The lowest BCUT2D eigenvalue weighted by atomic mass is 10.5. The third-order valence-corrected chi connectivity index (χ3v) is 2.30. The van der Waals surface area contributed by atoms with E-state index >= 15 is 0 Å². The van der Waals surface area contributed by atoms with Crippen LogP contribution in [-0.2, 0) is 6.54 Å². The summed E-state index contributed by atoms with van der Waals surface area (Å²) in [6.07, 6.45) is 1.48. The van der Waals surface area contributed by atoms with Crippen LogP contribution in [0.3, 0.4) is 0 Å². The van der Waals surface area contributed by atoms with Crippen LogP contribution in [0.15, 0.2) is 23.8 Å². The van der Waals surface area contributed by atoms with Crippen molar-refractivity contribution < 1.29 is 0 Å². The van der Waals surface area contributed by atoms with Gasteiger partial charge in [-0.05, 0) is 11.4 Å². The maximum Gasteiger partial charge on any atom is 0.218 e. The van der Waals surface area contributed by atoms with Crippen molar-refractivity contribution in [2.75, 3.05) is 5.32 Å². The third-order valence-electron chi connectivity index (χ3n) is 1.43. The van der Waals surface area contributed by atoms with Crippen molar-refractivity contribution in [2.45, 2.75) is 6.54 Å². The maximum atomic E-state index is 3.94. The van der Waals surface area contributed by atoms with Crippen LogP contribution in [0.25, 0.3) is 0 Å². The highest BCUT2D eigenvalue weighted by atomic mass is 32.1. The smallest absolute Gasteiger partial charge is 0.218 e. The van der Waals surface area contributed by atoms with Crippen molar-refractivity contribution >= 4 is 17.3 Å². The molecule has 2 heterocycles. The second kappa shape index (κ2) is 3.36. The van der Waals surface area contributed by atoms with Gasteiger partial charge in [0.1, 0.15) is 6.33 Å². The van der Waals surface area contributed by atoms with Crippen LogP contribution in [0, 0.1) is 0 Å². The number of hydrogen-bond acceptors (Lipinski definition) is 4. The van der Waals surface area contributed by atoms with Gasteiger partial charge in [0.05, 0.1) is 6.54 Å². The van der Waals surface area contributed by atoms with Crippen LogP contribution in [0.2, 0.25) is 0 Å². The summed E-state index contributed by atoms with van der Waals surface area (Å²) in [4.78, 5) is 5.23. The monoisotopic (exact) mass is 180 g/mol. The lowest BCUT2D eigenvalue weighted by Crippen LogP contribution is -1.98. The largest absolute Gasteiger partial charge is 0.350 e. The lowest BCUT2D eigenvalue weighted by molar-refractivity contribution is 1.05. The molecular formula is C7H8N4S. The summed E-state index contributed by atoms with van der Waals surface area (Å²) < 4.78 is 0. The molecule has 62 valence electrons. The molecule has 0 amide bonds. The first-order valence-electron chi connectivity index (χ1n) is 3.57. The molecule has 0 bridgehead atoms. The molecule has 0 spiro atoms. The number of thiophene rings is 1. The number of nitrogens with zero attached hydrogens (tertiary/aromatic N) is 2. The van der Waals surface area contributed by atoms with Crippen LogP contribution < -0.4 is 5.32 Å². The molecule has 0 saturated carbocycles. The number of aromatic amines is 1. The van der Waals surface area contributed by atoms with E-state index in [-0.39, 0.29) is 0 Å². The predicted molar refractivity (Wildman–Crippen MR) is 48.0 cm³/mol. The normalized spacial score (nSPS) is 10.0. The number of anilines is 1. The number of aromatic nitrogens is 3.